The Kier molecular flexibility index (Phi) is 4.10. The molecule has 0 spiro atoms. The third-order valence-corrected chi connectivity index (χ3v) is 3.81. The van der Waals surface area contributed by atoms with Crippen molar-refractivity contribution in [3.63, 3.8) is 0 Å². The second kappa shape index (κ2) is 5.43. The number of nitrogens with one attached hydrogen (secondary N) is 1. The fourth-order valence-corrected chi connectivity index (χ4v) is 2.70. The molecular weight excluding hydrogens is 268 g/mol. The number of halogens is 1. The number of anilines is 1. The summed E-state index contributed by atoms with van der Waals surface area (Å²) < 4.78 is 5.39. The van der Waals surface area contributed by atoms with Gasteiger partial charge in [0.15, 0.2) is 0 Å². The first-order chi connectivity index (χ1) is 8.52. The van der Waals surface area contributed by atoms with Crippen molar-refractivity contribution in [2.45, 2.75) is 25.3 Å². The molecule has 1 aromatic carbocycles. The molecule has 0 bridgehead atoms. The van der Waals surface area contributed by atoms with Crippen LogP contribution in [0.2, 0.25) is 5.02 Å². The minimum atomic E-state index is 0.00245. The van der Waals surface area contributed by atoms with Gasteiger partial charge in [0.25, 0.3) is 0 Å². The number of benzene rings is 1. The predicted octanol–water partition coefficient (Wildman–Crippen LogP) is 2.96. The second-order valence-corrected chi connectivity index (χ2v) is 5.67. The number of ether oxygens (including phenoxy) is 1. The van der Waals surface area contributed by atoms with Gasteiger partial charge < -0.3 is 15.8 Å². The van der Waals surface area contributed by atoms with Crippen molar-refractivity contribution in [1.29, 1.82) is 0 Å². The lowest BCUT2D eigenvalue weighted by molar-refractivity contribution is 0.0658. The van der Waals surface area contributed by atoms with Crippen LogP contribution in [0.25, 0.3) is 0 Å². The first kappa shape index (κ1) is 13.6. The second-order valence-electron chi connectivity index (χ2n) is 4.82. The largest absolute Gasteiger partial charge is 0.389 e. The zero-order chi connectivity index (χ0) is 13.2. The molecule has 1 heterocycles. The molecule has 0 unspecified atom stereocenters. The summed E-state index contributed by atoms with van der Waals surface area (Å²) in [5.41, 5.74) is 7.37. The third-order valence-electron chi connectivity index (χ3n) is 3.29. The Morgan fingerprint density at radius 1 is 1.44 bits per heavy atom. The average Bonchev–Trinajstić information content (AvgIpc) is 2.28. The highest BCUT2D eigenvalue weighted by Crippen LogP contribution is 2.30. The van der Waals surface area contributed by atoms with Crippen molar-refractivity contribution in [2.24, 2.45) is 5.73 Å². The Labute approximate surface area is 118 Å². The Morgan fingerprint density at radius 3 is 2.72 bits per heavy atom. The third kappa shape index (κ3) is 2.94. The normalized spacial score (nSPS) is 18.3. The topological polar surface area (TPSA) is 47.3 Å². The summed E-state index contributed by atoms with van der Waals surface area (Å²) in [5.74, 6) is 0. The Morgan fingerprint density at radius 2 is 2.11 bits per heavy atom. The van der Waals surface area contributed by atoms with Crippen LogP contribution >= 0.6 is 23.8 Å². The van der Waals surface area contributed by atoms with E-state index in [1.54, 1.807) is 6.07 Å². The summed E-state index contributed by atoms with van der Waals surface area (Å²) in [6.07, 6.45) is 1.91. The molecule has 0 radical (unpaired) electrons. The summed E-state index contributed by atoms with van der Waals surface area (Å²) in [7, 11) is 0. The summed E-state index contributed by atoms with van der Waals surface area (Å²) in [5, 5.41) is 4.10. The molecule has 1 fully saturated rings. The predicted molar refractivity (Wildman–Crippen MR) is 79.4 cm³/mol. The highest BCUT2D eigenvalue weighted by Gasteiger charge is 2.28. The van der Waals surface area contributed by atoms with Gasteiger partial charge in [-0.15, -0.1) is 0 Å². The molecule has 18 heavy (non-hydrogen) atoms. The number of hydrogen-bond acceptors (Lipinski definition) is 3. The van der Waals surface area contributed by atoms with E-state index >= 15 is 0 Å². The Hall–Kier alpha value is -0.840. The standard InChI is InChI=1S/C13H17ClN2OS/c1-13(5-7-17-8-6-13)16-10-4-2-3-9(14)11(10)12(15)18/h2-4,16H,5-8H2,1H3,(H2,15,18). The van der Waals surface area contributed by atoms with Gasteiger partial charge in [0.05, 0.1) is 10.6 Å². The van der Waals surface area contributed by atoms with Crippen LogP contribution in [0.4, 0.5) is 5.69 Å². The molecule has 2 rings (SSSR count). The highest BCUT2D eigenvalue weighted by atomic mass is 35.5. The summed E-state index contributed by atoms with van der Waals surface area (Å²) in [6.45, 7) is 3.72. The van der Waals surface area contributed by atoms with Gasteiger partial charge in [0.1, 0.15) is 4.99 Å². The van der Waals surface area contributed by atoms with Gasteiger partial charge in [0.2, 0.25) is 0 Å². The van der Waals surface area contributed by atoms with Crippen molar-refractivity contribution >= 4 is 34.5 Å². The molecule has 3 N–H and O–H groups in total. The van der Waals surface area contributed by atoms with Crippen molar-refractivity contribution in [3.05, 3.63) is 28.8 Å². The van der Waals surface area contributed by atoms with E-state index in [-0.39, 0.29) is 5.54 Å². The first-order valence-corrected chi connectivity index (χ1v) is 6.75. The van der Waals surface area contributed by atoms with Crippen molar-refractivity contribution < 1.29 is 4.74 Å². The number of thiocarbonyl (C=S) groups is 1. The first-order valence-electron chi connectivity index (χ1n) is 5.96. The molecule has 1 aromatic rings. The van der Waals surface area contributed by atoms with Gasteiger partial charge in [0, 0.05) is 24.4 Å². The van der Waals surface area contributed by atoms with Crippen LogP contribution in [0.3, 0.4) is 0 Å². The van der Waals surface area contributed by atoms with E-state index in [9.17, 15) is 0 Å². The lowest BCUT2D eigenvalue weighted by atomic mass is 9.91. The molecule has 1 aliphatic heterocycles. The summed E-state index contributed by atoms with van der Waals surface area (Å²) in [6, 6.07) is 5.66. The molecule has 0 aromatic heterocycles. The number of rotatable bonds is 3. The quantitative estimate of drug-likeness (QED) is 0.838. The molecule has 98 valence electrons. The van der Waals surface area contributed by atoms with Crippen molar-refractivity contribution in [3.8, 4) is 0 Å². The van der Waals surface area contributed by atoms with Gasteiger partial charge in [-0.05, 0) is 31.9 Å². The van der Waals surface area contributed by atoms with Crippen molar-refractivity contribution in [1.82, 2.24) is 0 Å². The molecule has 1 aliphatic rings. The van der Waals surface area contributed by atoms with Crippen LogP contribution in [0.15, 0.2) is 18.2 Å². The van der Waals surface area contributed by atoms with E-state index < -0.39 is 0 Å². The zero-order valence-corrected chi connectivity index (χ0v) is 11.9. The Bertz CT molecular complexity index is 458. The molecular formula is C13H17ClN2OS. The fourth-order valence-electron chi connectivity index (χ4n) is 2.15. The number of nitrogens with two attached hydrogens (primary N) is 1. The minimum Gasteiger partial charge on any atom is -0.389 e. The molecule has 3 nitrogen and oxygen atoms in total. The van der Waals surface area contributed by atoms with Gasteiger partial charge in [-0.25, -0.2) is 0 Å². The molecule has 0 atom stereocenters. The number of hydrogen-bond donors (Lipinski definition) is 2. The SMILES string of the molecule is CC1(Nc2cccc(Cl)c2C(N)=S)CCOCC1. The lowest BCUT2D eigenvalue weighted by Gasteiger charge is -2.36. The summed E-state index contributed by atoms with van der Waals surface area (Å²) >= 11 is 11.2. The molecule has 0 aliphatic carbocycles. The Balaban J connectivity index is 2.28. The van der Waals surface area contributed by atoms with Crippen LogP contribution in [0.1, 0.15) is 25.3 Å². The van der Waals surface area contributed by atoms with Crippen LogP contribution in [-0.4, -0.2) is 23.7 Å². The van der Waals surface area contributed by atoms with Gasteiger partial charge in [-0.3, -0.25) is 0 Å². The maximum atomic E-state index is 6.16. The maximum Gasteiger partial charge on any atom is 0.107 e. The minimum absolute atomic E-state index is 0.00245. The van der Waals surface area contributed by atoms with E-state index in [1.807, 2.05) is 12.1 Å². The van der Waals surface area contributed by atoms with E-state index in [0.717, 1.165) is 37.3 Å². The van der Waals surface area contributed by atoms with Gasteiger partial charge in [-0.2, -0.15) is 0 Å². The molecule has 5 heteroatoms. The van der Waals surface area contributed by atoms with E-state index in [2.05, 4.69) is 12.2 Å². The van der Waals surface area contributed by atoms with E-state index in [0.29, 0.717) is 10.0 Å². The lowest BCUT2D eigenvalue weighted by Crippen LogP contribution is -2.41. The van der Waals surface area contributed by atoms with Crippen LogP contribution in [0.5, 0.6) is 0 Å². The van der Waals surface area contributed by atoms with E-state index in [4.69, 9.17) is 34.3 Å². The van der Waals surface area contributed by atoms with Crippen LogP contribution < -0.4 is 11.1 Å². The maximum absolute atomic E-state index is 6.16. The van der Waals surface area contributed by atoms with Crippen molar-refractivity contribution in [2.75, 3.05) is 18.5 Å². The fraction of sp³-hybridized carbons (Fsp3) is 0.462. The van der Waals surface area contributed by atoms with Gasteiger partial charge >= 0.3 is 0 Å². The smallest absolute Gasteiger partial charge is 0.107 e. The molecule has 0 saturated carbocycles. The molecule has 0 amide bonds. The van der Waals surface area contributed by atoms with Gasteiger partial charge in [-0.1, -0.05) is 29.9 Å². The molecule has 1 saturated heterocycles. The monoisotopic (exact) mass is 284 g/mol. The van der Waals surface area contributed by atoms with Crippen LogP contribution in [0, 0.1) is 0 Å². The average molecular weight is 285 g/mol. The summed E-state index contributed by atoms with van der Waals surface area (Å²) in [4.78, 5) is 0.318. The highest BCUT2D eigenvalue weighted by molar-refractivity contribution is 7.80. The van der Waals surface area contributed by atoms with E-state index in [1.165, 1.54) is 0 Å². The van der Waals surface area contributed by atoms with Crippen LogP contribution in [-0.2, 0) is 4.74 Å². The zero-order valence-electron chi connectivity index (χ0n) is 10.3.